The number of halogens is 1. The van der Waals surface area contributed by atoms with Crippen molar-refractivity contribution in [2.75, 3.05) is 6.54 Å². The van der Waals surface area contributed by atoms with Crippen molar-refractivity contribution >= 4 is 28.6 Å². The van der Waals surface area contributed by atoms with Crippen LogP contribution >= 0.6 is 11.6 Å². The third kappa shape index (κ3) is 4.17. The van der Waals surface area contributed by atoms with Crippen LogP contribution in [0.15, 0.2) is 53.3 Å². The number of nitrogens with zero attached hydrogens (tertiary/aromatic N) is 3. The Bertz CT molecular complexity index is 1180. The number of aromatic nitrogens is 2. The summed E-state index contributed by atoms with van der Waals surface area (Å²) in [7, 11) is 0. The van der Waals surface area contributed by atoms with Crippen LogP contribution in [0.3, 0.4) is 0 Å². The van der Waals surface area contributed by atoms with E-state index in [0.29, 0.717) is 40.4 Å². The number of likely N-dealkylation sites (tertiary alicyclic amines) is 1. The number of hydrogen-bond acceptors (Lipinski definition) is 4. The zero-order valence-electron chi connectivity index (χ0n) is 18.1. The average molecular weight is 440 g/mol. The fourth-order valence-electron chi connectivity index (χ4n) is 4.07. The van der Waals surface area contributed by atoms with Crippen LogP contribution in [0.25, 0.3) is 16.6 Å². The largest absolute Gasteiger partial charge is 0.444 e. The van der Waals surface area contributed by atoms with Crippen LogP contribution in [0, 0.1) is 5.92 Å². The van der Waals surface area contributed by atoms with Crippen LogP contribution in [0.5, 0.6) is 0 Å². The van der Waals surface area contributed by atoms with E-state index in [4.69, 9.17) is 21.3 Å². The van der Waals surface area contributed by atoms with E-state index in [1.165, 1.54) is 0 Å². The van der Waals surface area contributed by atoms with E-state index in [-0.39, 0.29) is 17.5 Å². The molecule has 0 aliphatic carbocycles. The number of carbonyl (C=O) groups excluding carboxylic acids is 1. The van der Waals surface area contributed by atoms with Gasteiger partial charge in [0.2, 0.25) is 0 Å². The first-order valence-corrected chi connectivity index (χ1v) is 10.8. The highest BCUT2D eigenvalue weighted by molar-refractivity contribution is 6.35. The Kier molecular flexibility index (Phi) is 5.52. The summed E-state index contributed by atoms with van der Waals surface area (Å²) < 4.78 is 7.23. The number of fused-ring (bicyclic) bond motifs is 1. The number of para-hydroxylation sites is 1. The van der Waals surface area contributed by atoms with Gasteiger partial charge in [0.15, 0.2) is 0 Å². The van der Waals surface area contributed by atoms with E-state index in [1.807, 2.05) is 51.1 Å². The molecule has 6 nitrogen and oxygen atoms in total. The Morgan fingerprint density at radius 1 is 1.13 bits per heavy atom. The van der Waals surface area contributed by atoms with Crippen LogP contribution < -0.4 is 5.56 Å². The predicted molar refractivity (Wildman–Crippen MR) is 122 cm³/mol. The lowest BCUT2D eigenvalue weighted by molar-refractivity contribution is 0.0212. The van der Waals surface area contributed by atoms with E-state index < -0.39 is 11.7 Å². The first-order chi connectivity index (χ1) is 14.7. The molecule has 4 rings (SSSR count). The molecule has 0 saturated carbocycles. The Balaban J connectivity index is 1.94. The molecular formula is C24H26ClN3O3. The first kappa shape index (κ1) is 21.4. The topological polar surface area (TPSA) is 64.4 Å². The molecule has 1 amide bonds. The standard InChI is InChI=1S/C24H26ClN3O3/c1-15-13-19(27(14-15)23(30)31-24(2,3)4)21-26-18-12-8-11-17(25)20(18)22(29)28(21)16-9-6-5-7-10-16/h5-12,15,19H,13-14H2,1-4H3. The van der Waals surface area contributed by atoms with Gasteiger partial charge in [-0.05, 0) is 57.4 Å². The van der Waals surface area contributed by atoms with Crippen LogP contribution in [0.2, 0.25) is 5.02 Å². The van der Waals surface area contributed by atoms with Gasteiger partial charge in [0.1, 0.15) is 11.4 Å². The molecule has 2 unspecified atom stereocenters. The van der Waals surface area contributed by atoms with Crippen LogP contribution in [-0.2, 0) is 4.74 Å². The highest BCUT2D eigenvalue weighted by Crippen LogP contribution is 2.36. The minimum Gasteiger partial charge on any atom is -0.444 e. The second kappa shape index (κ2) is 8.00. The van der Waals surface area contributed by atoms with E-state index in [9.17, 15) is 9.59 Å². The summed E-state index contributed by atoms with van der Waals surface area (Å²) in [6.45, 7) is 8.15. The van der Waals surface area contributed by atoms with E-state index in [1.54, 1.807) is 27.7 Å². The molecule has 162 valence electrons. The number of benzene rings is 2. The van der Waals surface area contributed by atoms with Gasteiger partial charge in [-0.25, -0.2) is 9.78 Å². The van der Waals surface area contributed by atoms with Gasteiger partial charge < -0.3 is 4.74 Å². The van der Waals surface area contributed by atoms with Gasteiger partial charge in [-0.15, -0.1) is 0 Å². The highest BCUT2D eigenvalue weighted by atomic mass is 35.5. The monoisotopic (exact) mass is 439 g/mol. The van der Waals surface area contributed by atoms with Gasteiger partial charge in [0, 0.05) is 6.54 Å². The predicted octanol–water partition coefficient (Wildman–Crippen LogP) is 5.36. The van der Waals surface area contributed by atoms with Crippen molar-refractivity contribution in [1.82, 2.24) is 14.5 Å². The molecule has 31 heavy (non-hydrogen) atoms. The molecule has 1 fully saturated rings. The maximum Gasteiger partial charge on any atom is 0.410 e. The number of ether oxygens (including phenoxy) is 1. The summed E-state index contributed by atoms with van der Waals surface area (Å²) >= 11 is 6.37. The lowest BCUT2D eigenvalue weighted by atomic mass is 10.1. The highest BCUT2D eigenvalue weighted by Gasteiger charge is 2.39. The van der Waals surface area contributed by atoms with Crippen molar-refractivity contribution in [3.8, 4) is 5.69 Å². The third-order valence-electron chi connectivity index (χ3n) is 5.32. The molecule has 2 atom stereocenters. The number of carbonyl (C=O) groups is 1. The van der Waals surface area contributed by atoms with Crippen molar-refractivity contribution < 1.29 is 9.53 Å². The summed E-state index contributed by atoms with van der Waals surface area (Å²) in [5.74, 6) is 0.759. The van der Waals surface area contributed by atoms with E-state index in [2.05, 4.69) is 6.92 Å². The number of rotatable bonds is 2. The van der Waals surface area contributed by atoms with Gasteiger partial charge in [0.05, 0.1) is 27.7 Å². The average Bonchev–Trinajstić information content (AvgIpc) is 3.09. The Morgan fingerprint density at radius 3 is 2.52 bits per heavy atom. The van der Waals surface area contributed by atoms with Crippen LogP contribution in [0.4, 0.5) is 4.79 Å². The Labute approximate surface area is 186 Å². The molecule has 1 saturated heterocycles. The summed E-state index contributed by atoms with van der Waals surface area (Å²) in [5, 5.41) is 0.724. The quantitative estimate of drug-likeness (QED) is 0.539. The van der Waals surface area contributed by atoms with Crippen molar-refractivity contribution in [3.63, 3.8) is 0 Å². The molecule has 0 bridgehead atoms. The second-order valence-electron chi connectivity index (χ2n) is 9.07. The molecular weight excluding hydrogens is 414 g/mol. The fraction of sp³-hybridized carbons (Fsp3) is 0.375. The first-order valence-electron chi connectivity index (χ1n) is 10.4. The maximum absolute atomic E-state index is 13.6. The van der Waals surface area contributed by atoms with Gasteiger partial charge in [-0.1, -0.05) is 42.8 Å². The SMILES string of the molecule is CC1CC(c2nc3cccc(Cl)c3c(=O)n2-c2ccccc2)N(C(=O)OC(C)(C)C)C1. The van der Waals surface area contributed by atoms with E-state index in [0.717, 1.165) is 0 Å². The van der Waals surface area contributed by atoms with Crippen molar-refractivity contribution in [2.45, 2.75) is 45.8 Å². The van der Waals surface area contributed by atoms with Crippen LogP contribution in [0.1, 0.15) is 46.0 Å². The molecule has 2 heterocycles. The minimum atomic E-state index is -0.614. The summed E-state index contributed by atoms with van der Waals surface area (Å²) in [5.41, 5.74) is 0.334. The lowest BCUT2D eigenvalue weighted by Crippen LogP contribution is -2.39. The summed E-state index contributed by atoms with van der Waals surface area (Å²) in [6.07, 6.45) is 0.284. The van der Waals surface area contributed by atoms with Crippen molar-refractivity contribution in [3.05, 3.63) is 69.7 Å². The molecule has 2 aromatic carbocycles. The van der Waals surface area contributed by atoms with Gasteiger partial charge in [-0.2, -0.15) is 0 Å². The molecule has 7 heteroatoms. The zero-order chi connectivity index (χ0) is 22.3. The molecule has 1 aliphatic rings. The lowest BCUT2D eigenvalue weighted by Gasteiger charge is -2.29. The normalized spacial score (nSPS) is 19.1. The molecule has 0 N–H and O–H groups in total. The number of amides is 1. The van der Waals surface area contributed by atoms with Gasteiger partial charge >= 0.3 is 6.09 Å². The zero-order valence-corrected chi connectivity index (χ0v) is 18.9. The Hall–Kier alpha value is -2.86. The van der Waals surface area contributed by atoms with Crippen LogP contribution in [-0.4, -0.2) is 32.7 Å². The summed E-state index contributed by atoms with van der Waals surface area (Å²) in [6, 6.07) is 14.2. The third-order valence-corrected chi connectivity index (χ3v) is 5.64. The number of hydrogen-bond donors (Lipinski definition) is 0. The maximum atomic E-state index is 13.6. The smallest absolute Gasteiger partial charge is 0.410 e. The van der Waals surface area contributed by atoms with Crippen molar-refractivity contribution in [1.29, 1.82) is 0 Å². The van der Waals surface area contributed by atoms with Gasteiger partial charge in [-0.3, -0.25) is 14.3 Å². The molecule has 1 aliphatic heterocycles. The second-order valence-corrected chi connectivity index (χ2v) is 9.48. The molecule has 1 aromatic heterocycles. The minimum absolute atomic E-state index is 0.244. The Morgan fingerprint density at radius 2 is 1.84 bits per heavy atom. The summed E-state index contributed by atoms with van der Waals surface area (Å²) in [4.78, 5) is 33.2. The van der Waals surface area contributed by atoms with Crippen molar-refractivity contribution in [2.24, 2.45) is 5.92 Å². The van der Waals surface area contributed by atoms with E-state index >= 15 is 0 Å². The van der Waals surface area contributed by atoms with Gasteiger partial charge in [0.25, 0.3) is 5.56 Å². The molecule has 0 spiro atoms. The fourth-order valence-corrected chi connectivity index (χ4v) is 4.32. The molecule has 0 radical (unpaired) electrons. The molecule has 3 aromatic rings.